The Morgan fingerprint density at radius 3 is 2.46 bits per heavy atom. The molecule has 0 radical (unpaired) electrons. The second-order valence-electron chi connectivity index (χ2n) is 6.66. The van der Waals surface area contributed by atoms with Crippen molar-refractivity contribution < 1.29 is 14.3 Å². The van der Waals surface area contributed by atoms with Crippen LogP contribution < -0.4 is 5.32 Å². The van der Waals surface area contributed by atoms with Crippen LogP contribution in [0.25, 0.3) is 0 Å². The molecule has 0 spiro atoms. The third-order valence-corrected chi connectivity index (χ3v) is 4.44. The van der Waals surface area contributed by atoms with E-state index >= 15 is 0 Å². The van der Waals surface area contributed by atoms with Crippen molar-refractivity contribution in [2.24, 2.45) is 0 Å². The minimum absolute atomic E-state index is 0.165. The van der Waals surface area contributed by atoms with E-state index in [0.29, 0.717) is 50.1 Å². The zero-order valence-electron chi connectivity index (χ0n) is 16.4. The van der Waals surface area contributed by atoms with Crippen LogP contribution in [0.15, 0.2) is 30.3 Å². The zero-order valence-corrected chi connectivity index (χ0v) is 16.4. The number of rotatable bonds is 4. The van der Waals surface area contributed by atoms with E-state index in [1.165, 1.54) is 0 Å². The number of nitrogens with zero attached hydrogens (tertiary/aromatic N) is 4. The van der Waals surface area contributed by atoms with Crippen molar-refractivity contribution in [3.05, 3.63) is 47.4 Å². The number of hydrogen-bond donors (Lipinski definition) is 1. The highest BCUT2D eigenvalue weighted by Crippen LogP contribution is 2.18. The van der Waals surface area contributed by atoms with Crippen LogP contribution in [0.4, 0.5) is 16.3 Å². The molecule has 3 rings (SSSR count). The topological polar surface area (TPSA) is 87.7 Å². The first kappa shape index (κ1) is 19.6. The van der Waals surface area contributed by atoms with Crippen LogP contribution in [0.1, 0.15) is 28.8 Å². The lowest BCUT2D eigenvalue weighted by Gasteiger charge is -2.33. The van der Waals surface area contributed by atoms with Crippen LogP contribution in [0, 0.1) is 13.8 Å². The number of nitrogens with one attached hydrogen (secondary N) is 1. The zero-order chi connectivity index (χ0) is 20.1. The summed E-state index contributed by atoms with van der Waals surface area (Å²) in [6.07, 6.45) is -0.336. The first-order chi connectivity index (χ1) is 13.5. The largest absolute Gasteiger partial charge is 0.450 e. The first-order valence-corrected chi connectivity index (χ1v) is 9.36. The highest BCUT2D eigenvalue weighted by atomic mass is 16.6. The second-order valence-corrected chi connectivity index (χ2v) is 6.66. The van der Waals surface area contributed by atoms with Gasteiger partial charge in [0.05, 0.1) is 6.61 Å². The molecule has 0 atom stereocenters. The normalized spacial score (nSPS) is 14.0. The Morgan fingerprint density at radius 1 is 1.07 bits per heavy atom. The van der Waals surface area contributed by atoms with Crippen LogP contribution >= 0.6 is 0 Å². The summed E-state index contributed by atoms with van der Waals surface area (Å²) in [5.41, 5.74) is 2.37. The Balaban J connectivity index is 1.69. The monoisotopic (exact) mass is 383 g/mol. The molecule has 0 bridgehead atoms. The number of aryl methyl sites for hydroxylation is 2. The summed E-state index contributed by atoms with van der Waals surface area (Å²) < 4.78 is 5.01. The molecule has 8 nitrogen and oxygen atoms in total. The minimum Gasteiger partial charge on any atom is -0.450 e. The maximum atomic E-state index is 12.9. The van der Waals surface area contributed by atoms with Crippen LogP contribution in [0.2, 0.25) is 0 Å². The first-order valence-electron chi connectivity index (χ1n) is 9.36. The van der Waals surface area contributed by atoms with Crippen LogP contribution in [-0.2, 0) is 4.74 Å². The van der Waals surface area contributed by atoms with Crippen molar-refractivity contribution in [1.29, 1.82) is 0 Å². The molecule has 2 amide bonds. The van der Waals surface area contributed by atoms with E-state index in [0.717, 1.165) is 11.3 Å². The maximum absolute atomic E-state index is 12.9. The summed E-state index contributed by atoms with van der Waals surface area (Å²) in [6, 6.07) is 9.59. The van der Waals surface area contributed by atoms with E-state index < -0.39 is 0 Å². The number of aromatic nitrogens is 2. The van der Waals surface area contributed by atoms with Gasteiger partial charge in [-0.2, -0.15) is 0 Å². The highest BCUT2D eigenvalue weighted by Gasteiger charge is 2.26. The van der Waals surface area contributed by atoms with Crippen molar-refractivity contribution in [3.8, 4) is 0 Å². The molecular weight excluding hydrogens is 358 g/mol. The van der Waals surface area contributed by atoms with E-state index in [1.807, 2.05) is 31.2 Å². The molecule has 1 aromatic carbocycles. The quantitative estimate of drug-likeness (QED) is 0.873. The summed E-state index contributed by atoms with van der Waals surface area (Å²) in [6.45, 7) is 7.68. The molecule has 0 saturated carbocycles. The van der Waals surface area contributed by atoms with Gasteiger partial charge < -0.3 is 19.9 Å². The average molecular weight is 383 g/mol. The van der Waals surface area contributed by atoms with Crippen molar-refractivity contribution in [2.45, 2.75) is 20.8 Å². The van der Waals surface area contributed by atoms with Crippen molar-refractivity contribution in [2.75, 3.05) is 38.1 Å². The van der Waals surface area contributed by atoms with Gasteiger partial charge in [-0.05, 0) is 38.5 Å². The lowest BCUT2D eigenvalue weighted by atomic mass is 10.2. The van der Waals surface area contributed by atoms with E-state index in [1.54, 1.807) is 29.7 Å². The summed E-state index contributed by atoms with van der Waals surface area (Å²) in [5, 5.41) is 3.23. The fraction of sp³-hybridized carbons (Fsp3) is 0.400. The SMILES string of the molecule is CCOC(=O)N1CCN(C(=O)c2cc(Nc3cccc(C)c3)nc(C)n2)CC1. The molecular formula is C20H25N5O3. The van der Waals surface area contributed by atoms with Crippen LogP contribution in [-0.4, -0.2) is 64.6 Å². The highest BCUT2D eigenvalue weighted by molar-refractivity contribution is 5.93. The Morgan fingerprint density at radius 2 is 1.79 bits per heavy atom. The van der Waals surface area contributed by atoms with E-state index in [2.05, 4.69) is 15.3 Å². The van der Waals surface area contributed by atoms with Gasteiger partial charge in [-0.25, -0.2) is 14.8 Å². The van der Waals surface area contributed by atoms with Gasteiger partial charge in [0.25, 0.3) is 5.91 Å². The van der Waals surface area contributed by atoms with Gasteiger partial charge in [0, 0.05) is 37.9 Å². The number of ether oxygens (including phenoxy) is 1. The van der Waals surface area contributed by atoms with Gasteiger partial charge in [-0.15, -0.1) is 0 Å². The third kappa shape index (κ3) is 4.76. The summed E-state index contributed by atoms with van der Waals surface area (Å²) >= 11 is 0. The van der Waals surface area contributed by atoms with Gasteiger partial charge in [-0.1, -0.05) is 12.1 Å². The van der Waals surface area contributed by atoms with E-state index in [4.69, 9.17) is 4.74 Å². The van der Waals surface area contributed by atoms with E-state index in [-0.39, 0.29) is 12.0 Å². The summed E-state index contributed by atoms with van der Waals surface area (Å²) in [7, 11) is 0. The van der Waals surface area contributed by atoms with Gasteiger partial charge in [-0.3, -0.25) is 4.79 Å². The number of piperazine rings is 1. The molecule has 2 heterocycles. The fourth-order valence-corrected chi connectivity index (χ4v) is 3.08. The number of hydrogen-bond acceptors (Lipinski definition) is 6. The molecule has 1 aromatic heterocycles. The average Bonchev–Trinajstić information content (AvgIpc) is 2.67. The van der Waals surface area contributed by atoms with Crippen LogP contribution in [0.5, 0.6) is 0 Å². The van der Waals surface area contributed by atoms with Gasteiger partial charge in [0.2, 0.25) is 0 Å². The van der Waals surface area contributed by atoms with Crippen molar-refractivity contribution >= 4 is 23.5 Å². The molecule has 1 aliphatic heterocycles. The third-order valence-electron chi connectivity index (χ3n) is 4.44. The standard InChI is InChI=1S/C20H25N5O3/c1-4-28-20(27)25-10-8-24(9-11-25)19(26)17-13-18(22-15(3)21-17)23-16-7-5-6-14(2)12-16/h5-7,12-13H,4,8-11H2,1-3H3,(H,21,22,23). The molecule has 28 heavy (non-hydrogen) atoms. The molecule has 148 valence electrons. The van der Waals surface area contributed by atoms with Gasteiger partial charge in [0.1, 0.15) is 17.3 Å². The second kappa shape index (κ2) is 8.69. The molecule has 1 N–H and O–H groups in total. The molecule has 0 unspecified atom stereocenters. The van der Waals surface area contributed by atoms with E-state index in [9.17, 15) is 9.59 Å². The van der Waals surface area contributed by atoms with Crippen molar-refractivity contribution in [3.63, 3.8) is 0 Å². The van der Waals surface area contributed by atoms with Gasteiger partial charge >= 0.3 is 6.09 Å². The van der Waals surface area contributed by atoms with Gasteiger partial charge in [0.15, 0.2) is 0 Å². The Bertz CT molecular complexity index is 863. The van der Waals surface area contributed by atoms with Crippen LogP contribution in [0.3, 0.4) is 0 Å². The predicted octanol–water partition coefficient (Wildman–Crippen LogP) is 2.75. The molecule has 2 aromatic rings. The maximum Gasteiger partial charge on any atom is 0.409 e. The lowest BCUT2D eigenvalue weighted by Crippen LogP contribution is -2.50. The minimum atomic E-state index is -0.336. The molecule has 1 saturated heterocycles. The number of carbonyl (C=O) groups is 2. The molecule has 1 fully saturated rings. The predicted molar refractivity (Wildman–Crippen MR) is 106 cm³/mol. The summed E-state index contributed by atoms with van der Waals surface area (Å²) in [4.78, 5) is 36.7. The fourth-order valence-electron chi connectivity index (χ4n) is 3.08. The number of anilines is 2. The molecule has 0 aliphatic carbocycles. The Labute approximate surface area is 164 Å². The van der Waals surface area contributed by atoms with Crippen molar-refractivity contribution in [1.82, 2.24) is 19.8 Å². The Hall–Kier alpha value is -3.16. The smallest absolute Gasteiger partial charge is 0.409 e. The number of carbonyl (C=O) groups excluding carboxylic acids is 2. The summed E-state index contributed by atoms with van der Waals surface area (Å²) in [5.74, 6) is 0.930. The molecule has 8 heteroatoms. The Kier molecular flexibility index (Phi) is 6.08. The number of benzene rings is 1. The lowest BCUT2D eigenvalue weighted by molar-refractivity contribution is 0.0565. The number of amides is 2. The molecule has 1 aliphatic rings.